The SMILES string of the molecule is Cc1cc(C)nc(Sc2ccc([N+](=O)[O-])cc2CO)c1. The summed E-state index contributed by atoms with van der Waals surface area (Å²) in [5.74, 6) is 0. The molecule has 0 spiro atoms. The molecular formula is C14H14N2O3S. The number of aliphatic hydroxyl groups excluding tert-OH is 1. The second kappa shape index (κ2) is 6.02. The van der Waals surface area contributed by atoms with Gasteiger partial charge in [-0.25, -0.2) is 4.98 Å². The van der Waals surface area contributed by atoms with Gasteiger partial charge < -0.3 is 5.11 Å². The first-order valence-corrected chi connectivity index (χ1v) is 6.82. The zero-order chi connectivity index (χ0) is 14.7. The van der Waals surface area contributed by atoms with E-state index in [1.165, 1.54) is 23.9 Å². The van der Waals surface area contributed by atoms with Crippen LogP contribution in [-0.2, 0) is 6.61 Å². The number of nitro benzene ring substituents is 1. The van der Waals surface area contributed by atoms with Crippen LogP contribution in [0.5, 0.6) is 0 Å². The summed E-state index contributed by atoms with van der Waals surface area (Å²) in [6, 6.07) is 8.40. The van der Waals surface area contributed by atoms with Crippen LogP contribution in [0.25, 0.3) is 0 Å². The summed E-state index contributed by atoms with van der Waals surface area (Å²) in [6.07, 6.45) is 0. The Hall–Kier alpha value is -1.92. The van der Waals surface area contributed by atoms with Gasteiger partial charge in [-0.05, 0) is 43.2 Å². The van der Waals surface area contributed by atoms with Gasteiger partial charge in [-0.15, -0.1) is 0 Å². The normalized spacial score (nSPS) is 10.6. The minimum atomic E-state index is -0.470. The van der Waals surface area contributed by atoms with Gasteiger partial charge in [-0.3, -0.25) is 10.1 Å². The molecular weight excluding hydrogens is 276 g/mol. The first-order valence-electron chi connectivity index (χ1n) is 6.01. The van der Waals surface area contributed by atoms with E-state index in [1.807, 2.05) is 26.0 Å². The number of benzene rings is 1. The Morgan fingerprint density at radius 1 is 1.30 bits per heavy atom. The molecule has 104 valence electrons. The van der Waals surface area contributed by atoms with E-state index in [9.17, 15) is 15.2 Å². The maximum atomic E-state index is 10.7. The molecule has 2 rings (SSSR count). The standard InChI is InChI=1S/C14H14N2O3S/c1-9-5-10(2)15-14(6-9)20-13-4-3-12(16(18)19)7-11(13)8-17/h3-7,17H,8H2,1-2H3. The topological polar surface area (TPSA) is 76.3 Å². The first-order chi connectivity index (χ1) is 9.49. The van der Waals surface area contributed by atoms with Crippen molar-refractivity contribution >= 4 is 17.4 Å². The summed E-state index contributed by atoms with van der Waals surface area (Å²) < 4.78 is 0. The molecule has 0 saturated heterocycles. The van der Waals surface area contributed by atoms with Gasteiger partial charge in [0.05, 0.1) is 11.5 Å². The predicted molar refractivity (Wildman–Crippen MR) is 76.9 cm³/mol. The number of nitrogens with zero attached hydrogens (tertiary/aromatic N) is 2. The van der Waals surface area contributed by atoms with Gasteiger partial charge in [-0.2, -0.15) is 0 Å². The third-order valence-electron chi connectivity index (χ3n) is 2.71. The van der Waals surface area contributed by atoms with Crippen molar-refractivity contribution in [2.75, 3.05) is 0 Å². The quantitative estimate of drug-likeness (QED) is 0.691. The number of nitro groups is 1. The van der Waals surface area contributed by atoms with Gasteiger partial charge in [0.2, 0.25) is 0 Å². The predicted octanol–water partition coefficient (Wildman–Crippen LogP) is 3.25. The Kier molecular flexibility index (Phi) is 4.36. The Labute approximate surface area is 120 Å². The summed E-state index contributed by atoms with van der Waals surface area (Å²) in [6.45, 7) is 3.66. The van der Waals surface area contributed by atoms with Crippen molar-refractivity contribution in [1.29, 1.82) is 0 Å². The van der Waals surface area contributed by atoms with Crippen molar-refractivity contribution in [1.82, 2.24) is 4.98 Å². The van der Waals surface area contributed by atoms with Crippen LogP contribution in [0.1, 0.15) is 16.8 Å². The van der Waals surface area contributed by atoms with Gasteiger partial charge in [0.1, 0.15) is 5.03 Å². The Balaban J connectivity index is 2.35. The van der Waals surface area contributed by atoms with Gasteiger partial charge in [0.15, 0.2) is 0 Å². The molecule has 1 aromatic heterocycles. The average molecular weight is 290 g/mol. The van der Waals surface area contributed by atoms with E-state index in [4.69, 9.17) is 0 Å². The van der Waals surface area contributed by atoms with Gasteiger partial charge in [0.25, 0.3) is 5.69 Å². The van der Waals surface area contributed by atoms with Crippen molar-refractivity contribution in [3.8, 4) is 0 Å². The van der Waals surface area contributed by atoms with Crippen molar-refractivity contribution in [2.24, 2.45) is 0 Å². The second-order valence-electron chi connectivity index (χ2n) is 4.43. The van der Waals surface area contributed by atoms with E-state index in [0.717, 1.165) is 21.2 Å². The molecule has 0 aliphatic heterocycles. The molecule has 2 aromatic rings. The van der Waals surface area contributed by atoms with E-state index in [-0.39, 0.29) is 12.3 Å². The smallest absolute Gasteiger partial charge is 0.269 e. The number of hydrogen-bond acceptors (Lipinski definition) is 5. The number of pyridine rings is 1. The fraction of sp³-hybridized carbons (Fsp3) is 0.214. The molecule has 0 atom stereocenters. The number of aliphatic hydroxyl groups is 1. The molecule has 20 heavy (non-hydrogen) atoms. The minimum Gasteiger partial charge on any atom is -0.392 e. The Morgan fingerprint density at radius 3 is 2.65 bits per heavy atom. The molecule has 0 saturated carbocycles. The average Bonchev–Trinajstić information content (AvgIpc) is 2.37. The zero-order valence-corrected chi connectivity index (χ0v) is 12.0. The van der Waals surface area contributed by atoms with Crippen LogP contribution in [0.4, 0.5) is 5.69 Å². The van der Waals surface area contributed by atoms with E-state index in [0.29, 0.717) is 5.56 Å². The summed E-state index contributed by atoms with van der Waals surface area (Å²) in [7, 11) is 0. The summed E-state index contributed by atoms with van der Waals surface area (Å²) >= 11 is 1.39. The lowest BCUT2D eigenvalue weighted by molar-refractivity contribution is -0.385. The molecule has 0 aliphatic carbocycles. The van der Waals surface area contributed by atoms with E-state index >= 15 is 0 Å². The molecule has 5 nitrogen and oxygen atoms in total. The lowest BCUT2D eigenvalue weighted by Crippen LogP contribution is -1.94. The van der Waals surface area contributed by atoms with Crippen LogP contribution in [0.2, 0.25) is 0 Å². The van der Waals surface area contributed by atoms with E-state index in [2.05, 4.69) is 4.98 Å². The molecule has 0 aliphatic rings. The van der Waals surface area contributed by atoms with Crippen LogP contribution in [0, 0.1) is 24.0 Å². The summed E-state index contributed by atoms with van der Waals surface area (Å²) in [5.41, 5.74) is 2.53. The number of non-ortho nitro benzene ring substituents is 1. The highest BCUT2D eigenvalue weighted by Gasteiger charge is 2.12. The summed E-state index contributed by atoms with van der Waals surface area (Å²) in [4.78, 5) is 15.4. The van der Waals surface area contributed by atoms with Crippen molar-refractivity contribution in [2.45, 2.75) is 30.4 Å². The largest absolute Gasteiger partial charge is 0.392 e. The number of rotatable bonds is 4. The summed E-state index contributed by atoms with van der Waals surface area (Å²) in [5, 5.41) is 20.9. The van der Waals surface area contributed by atoms with Gasteiger partial charge in [-0.1, -0.05) is 11.8 Å². The molecule has 0 amide bonds. The van der Waals surface area contributed by atoms with Crippen LogP contribution in [-0.4, -0.2) is 15.0 Å². The molecule has 1 aromatic carbocycles. The monoisotopic (exact) mass is 290 g/mol. The molecule has 1 N–H and O–H groups in total. The van der Waals surface area contributed by atoms with E-state index in [1.54, 1.807) is 6.07 Å². The molecule has 0 unspecified atom stereocenters. The second-order valence-corrected chi connectivity index (χ2v) is 5.50. The Morgan fingerprint density at radius 2 is 2.05 bits per heavy atom. The van der Waals surface area contributed by atoms with Gasteiger partial charge in [0, 0.05) is 22.7 Å². The maximum Gasteiger partial charge on any atom is 0.269 e. The van der Waals surface area contributed by atoms with Gasteiger partial charge >= 0.3 is 0 Å². The molecule has 1 heterocycles. The Bertz CT molecular complexity index is 639. The van der Waals surface area contributed by atoms with Crippen LogP contribution in [0.3, 0.4) is 0 Å². The van der Waals surface area contributed by atoms with Crippen LogP contribution in [0.15, 0.2) is 40.3 Å². The maximum absolute atomic E-state index is 10.7. The van der Waals surface area contributed by atoms with E-state index < -0.39 is 4.92 Å². The van der Waals surface area contributed by atoms with Crippen LogP contribution >= 0.6 is 11.8 Å². The van der Waals surface area contributed by atoms with Crippen molar-refractivity contribution < 1.29 is 10.0 Å². The lowest BCUT2D eigenvalue weighted by Gasteiger charge is -2.08. The molecule has 0 fully saturated rings. The highest BCUT2D eigenvalue weighted by Crippen LogP contribution is 2.32. The highest BCUT2D eigenvalue weighted by atomic mass is 32.2. The fourth-order valence-electron chi connectivity index (χ4n) is 1.87. The highest BCUT2D eigenvalue weighted by molar-refractivity contribution is 7.99. The lowest BCUT2D eigenvalue weighted by atomic mass is 10.2. The fourth-order valence-corrected chi connectivity index (χ4v) is 2.92. The van der Waals surface area contributed by atoms with Crippen LogP contribution < -0.4 is 0 Å². The number of hydrogen-bond donors (Lipinski definition) is 1. The minimum absolute atomic E-state index is 0.0215. The molecule has 0 radical (unpaired) electrons. The van der Waals surface area contributed by atoms with Crippen molar-refractivity contribution in [3.05, 3.63) is 57.3 Å². The third-order valence-corrected chi connectivity index (χ3v) is 3.75. The molecule has 6 heteroatoms. The first kappa shape index (κ1) is 14.5. The number of aromatic nitrogens is 1. The zero-order valence-electron chi connectivity index (χ0n) is 11.2. The van der Waals surface area contributed by atoms with Crippen molar-refractivity contribution in [3.63, 3.8) is 0 Å². The molecule has 0 bridgehead atoms. The third kappa shape index (κ3) is 3.34. The number of aryl methyl sites for hydroxylation is 2.